The lowest BCUT2D eigenvalue weighted by molar-refractivity contribution is 0.566. The van der Waals surface area contributed by atoms with E-state index in [1.54, 1.807) is 6.07 Å². The van der Waals surface area contributed by atoms with Gasteiger partial charge in [0.25, 0.3) is 0 Å². The average Bonchev–Trinajstić information content (AvgIpc) is 3.07. The van der Waals surface area contributed by atoms with Crippen LogP contribution in [0.15, 0.2) is 48.7 Å². The fourth-order valence-corrected chi connectivity index (χ4v) is 3.61. The van der Waals surface area contributed by atoms with E-state index in [1.807, 2.05) is 19.3 Å². The third-order valence-corrected chi connectivity index (χ3v) is 4.62. The van der Waals surface area contributed by atoms with E-state index in [1.165, 1.54) is 22.8 Å². The molecular formula is C18H17FN2. The summed E-state index contributed by atoms with van der Waals surface area (Å²) in [6.07, 6.45) is 3.07. The van der Waals surface area contributed by atoms with Crippen LogP contribution in [0.5, 0.6) is 0 Å². The molecule has 0 saturated carbocycles. The van der Waals surface area contributed by atoms with Crippen LogP contribution in [0.3, 0.4) is 0 Å². The van der Waals surface area contributed by atoms with Gasteiger partial charge < -0.3 is 10.3 Å². The Bertz CT molecular complexity index is 806. The molecule has 1 aromatic heterocycles. The number of nitrogens with one attached hydrogen (secondary N) is 2. The summed E-state index contributed by atoms with van der Waals surface area (Å²) in [6.45, 7) is 0. The molecule has 1 aliphatic carbocycles. The molecule has 2 nitrogen and oxygen atoms in total. The molecule has 1 heterocycles. The largest absolute Gasteiger partial charge is 0.361 e. The minimum Gasteiger partial charge on any atom is -0.361 e. The van der Waals surface area contributed by atoms with Crippen molar-refractivity contribution in [1.29, 1.82) is 0 Å². The van der Waals surface area contributed by atoms with Crippen molar-refractivity contribution < 1.29 is 4.39 Å². The van der Waals surface area contributed by atoms with Crippen molar-refractivity contribution in [1.82, 2.24) is 10.3 Å². The predicted octanol–water partition coefficient (Wildman–Crippen LogP) is 4.10. The Kier molecular flexibility index (Phi) is 2.82. The molecular weight excluding hydrogens is 263 g/mol. The second-order valence-electron chi connectivity index (χ2n) is 5.69. The average molecular weight is 280 g/mol. The van der Waals surface area contributed by atoms with Crippen LogP contribution in [-0.4, -0.2) is 12.0 Å². The summed E-state index contributed by atoms with van der Waals surface area (Å²) in [6, 6.07) is 14.0. The van der Waals surface area contributed by atoms with E-state index in [-0.39, 0.29) is 5.82 Å². The van der Waals surface area contributed by atoms with E-state index in [4.69, 9.17) is 0 Å². The topological polar surface area (TPSA) is 27.8 Å². The summed E-state index contributed by atoms with van der Waals surface area (Å²) < 4.78 is 13.3. The third-order valence-electron chi connectivity index (χ3n) is 4.62. The first-order valence-corrected chi connectivity index (χ1v) is 7.30. The summed E-state index contributed by atoms with van der Waals surface area (Å²) >= 11 is 0. The highest BCUT2D eigenvalue weighted by Gasteiger charge is 2.31. The maximum absolute atomic E-state index is 13.3. The molecule has 4 rings (SSSR count). The van der Waals surface area contributed by atoms with Gasteiger partial charge in [0, 0.05) is 29.1 Å². The Morgan fingerprint density at radius 3 is 2.71 bits per heavy atom. The summed E-state index contributed by atoms with van der Waals surface area (Å²) in [7, 11) is 2.01. The Balaban J connectivity index is 1.86. The highest BCUT2D eigenvalue weighted by atomic mass is 19.1. The van der Waals surface area contributed by atoms with Gasteiger partial charge >= 0.3 is 0 Å². The number of hydrogen-bond acceptors (Lipinski definition) is 1. The van der Waals surface area contributed by atoms with E-state index in [9.17, 15) is 4.39 Å². The molecule has 1 aliphatic rings. The molecule has 0 aliphatic heterocycles. The van der Waals surface area contributed by atoms with Gasteiger partial charge in [-0.1, -0.05) is 24.3 Å². The van der Waals surface area contributed by atoms with Crippen LogP contribution in [-0.2, 0) is 0 Å². The van der Waals surface area contributed by atoms with Crippen LogP contribution in [0, 0.1) is 5.82 Å². The number of halogens is 1. The molecule has 2 aromatic carbocycles. The van der Waals surface area contributed by atoms with Crippen molar-refractivity contribution in [2.75, 3.05) is 7.05 Å². The molecule has 0 unspecified atom stereocenters. The number of H-pyrrole nitrogens is 1. The van der Waals surface area contributed by atoms with Crippen molar-refractivity contribution in [2.24, 2.45) is 0 Å². The zero-order valence-electron chi connectivity index (χ0n) is 11.9. The van der Waals surface area contributed by atoms with E-state index in [2.05, 4.69) is 34.6 Å². The summed E-state index contributed by atoms with van der Waals surface area (Å²) in [5, 5.41) is 4.52. The molecule has 0 saturated heterocycles. The van der Waals surface area contributed by atoms with Crippen molar-refractivity contribution >= 4 is 10.9 Å². The maximum atomic E-state index is 13.3. The smallest absolute Gasteiger partial charge is 0.125 e. The first-order chi connectivity index (χ1) is 10.3. The first kappa shape index (κ1) is 12.6. The molecule has 2 N–H and O–H groups in total. The second-order valence-corrected chi connectivity index (χ2v) is 5.69. The van der Waals surface area contributed by atoms with Gasteiger partial charge in [0.15, 0.2) is 0 Å². The van der Waals surface area contributed by atoms with Crippen molar-refractivity contribution in [3.05, 3.63) is 71.2 Å². The molecule has 0 amide bonds. The van der Waals surface area contributed by atoms with Gasteiger partial charge in [-0.25, -0.2) is 4.39 Å². The number of fused-ring (bicyclic) bond motifs is 2. The molecule has 0 radical (unpaired) electrons. The lowest BCUT2D eigenvalue weighted by Crippen LogP contribution is -2.13. The first-order valence-electron chi connectivity index (χ1n) is 7.30. The van der Waals surface area contributed by atoms with E-state index in [0.29, 0.717) is 12.0 Å². The van der Waals surface area contributed by atoms with E-state index < -0.39 is 0 Å². The Morgan fingerprint density at radius 2 is 1.90 bits per heavy atom. The molecule has 21 heavy (non-hydrogen) atoms. The zero-order chi connectivity index (χ0) is 14.4. The van der Waals surface area contributed by atoms with Gasteiger partial charge in [-0.15, -0.1) is 0 Å². The standard InChI is InChI=1S/C18H17FN2/c1-20-17-9-15(12-4-2-3-5-13(12)17)16-10-21-18-8-11(19)6-7-14(16)18/h2-8,10,15,17,20-21H,9H2,1H3/t15-,17-/m1/s1. The molecule has 0 spiro atoms. The van der Waals surface area contributed by atoms with Gasteiger partial charge in [-0.05, 0) is 48.4 Å². The van der Waals surface area contributed by atoms with Gasteiger partial charge in [-0.2, -0.15) is 0 Å². The zero-order valence-corrected chi connectivity index (χ0v) is 11.9. The molecule has 0 fully saturated rings. The van der Waals surface area contributed by atoms with E-state index >= 15 is 0 Å². The van der Waals surface area contributed by atoms with Crippen LogP contribution >= 0.6 is 0 Å². The third kappa shape index (κ3) is 1.88. The normalized spacial score (nSPS) is 20.9. The van der Waals surface area contributed by atoms with Crippen molar-refractivity contribution in [3.63, 3.8) is 0 Å². The highest BCUT2D eigenvalue weighted by molar-refractivity contribution is 5.84. The number of aromatic amines is 1. The minimum absolute atomic E-state index is 0.198. The van der Waals surface area contributed by atoms with Gasteiger partial charge in [0.1, 0.15) is 5.82 Å². The molecule has 106 valence electrons. The quantitative estimate of drug-likeness (QED) is 0.726. The minimum atomic E-state index is -0.198. The number of rotatable bonds is 2. The lowest BCUT2D eigenvalue weighted by atomic mass is 9.92. The lowest BCUT2D eigenvalue weighted by Gasteiger charge is -2.11. The predicted molar refractivity (Wildman–Crippen MR) is 83.0 cm³/mol. The second kappa shape index (κ2) is 4.71. The summed E-state index contributed by atoms with van der Waals surface area (Å²) in [4.78, 5) is 3.21. The number of hydrogen-bond donors (Lipinski definition) is 2. The number of benzene rings is 2. The number of aromatic nitrogens is 1. The van der Waals surface area contributed by atoms with Gasteiger partial charge in [-0.3, -0.25) is 0 Å². The van der Waals surface area contributed by atoms with Gasteiger partial charge in [0.05, 0.1) is 0 Å². The fraction of sp³-hybridized carbons (Fsp3) is 0.222. The van der Waals surface area contributed by atoms with Crippen molar-refractivity contribution in [2.45, 2.75) is 18.4 Å². The maximum Gasteiger partial charge on any atom is 0.125 e. The Morgan fingerprint density at radius 1 is 1.10 bits per heavy atom. The highest BCUT2D eigenvalue weighted by Crippen LogP contribution is 2.45. The van der Waals surface area contributed by atoms with Crippen LogP contribution in [0.25, 0.3) is 10.9 Å². The SMILES string of the molecule is CN[C@@H]1C[C@@H](c2c[nH]c3cc(F)ccc23)c2ccccc21. The summed E-state index contributed by atoms with van der Waals surface area (Å²) in [5.41, 5.74) is 4.88. The van der Waals surface area contributed by atoms with E-state index in [0.717, 1.165) is 17.3 Å². The van der Waals surface area contributed by atoms with Gasteiger partial charge in [0.2, 0.25) is 0 Å². The summed E-state index contributed by atoms with van der Waals surface area (Å²) in [5.74, 6) is 0.161. The molecule has 2 atom stereocenters. The van der Waals surface area contributed by atoms with Crippen LogP contribution < -0.4 is 5.32 Å². The molecule has 3 aromatic rings. The fourth-order valence-electron chi connectivity index (χ4n) is 3.61. The monoisotopic (exact) mass is 280 g/mol. The van der Waals surface area contributed by atoms with Crippen LogP contribution in [0.2, 0.25) is 0 Å². The molecule has 3 heteroatoms. The Labute approximate surface area is 123 Å². The molecule has 0 bridgehead atoms. The Hall–Kier alpha value is -2.13. The van der Waals surface area contributed by atoms with Crippen LogP contribution in [0.4, 0.5) is 4.39 Å². The van der Waals surface area contributed by atoms with Crippen molar-refractivity contribution in [3.8, 4) is 0 Å². The van der Waals surface area contributed by atoms with Crippen LogP contribution in [0.1, 0.15) is 35.1 Å².